The third-order valence-corrected chi connectivity index (χ3v) is 2.36. The highest BCUT2D eigenvalue weighted by Crippen LogP contribution is 2.17. The molecular weight excluding hydrogens is 228 g/mol. The highest BCUT2D eigenvalue weighted by molar-refractivity contribution is 9.10. The normalized spacial score (nSPS) is 11.8. The molecule has 0 spiro atoms. The van der Waals surface area contributed by atoms with Crippen molar-refractivity contribution in [2.24, 2.45) is 0 Å². The lowest BCUT2D eigenvalue weighted by Gasteiger charge is -2.03. The monoisotopic (exact) mass is 240 g/mol. The molecule has 1 rings (SSSR count). The second-order valence-electron chi connectivity index (χ2n) is 2.80. The van der Waals surface area contributed by atoms with Gasteiger partial charge in [0.2, 0.25) is 0 Å². The Balaban J connectivity index is 2.92. The molecule has 0 heterocycles. The first-order valence-corrected chi connectivity index (χ1v) is 5.13. The van der Waals surface area contributed by atoms with E-state index >= 15 is 0 Å². The van der Waals surface area contributed by atoms with Crippen molar-refractivity contribution in [3.05, 3.63) is 40.4 Å². The smallest absolute Gasteiger partial charge is 0.0684 e. The maximum absolute atomic E-state index is 9.10. The van der Waals surface area contributed by atoms with Gasteiger partial charge in [-0.15, -0.1) is 0 Å². The number of rotatable bonds is 3. The summed E-state index contributed by atoms with van der Waals surface area (Å²) in [5.41, 5.74) is 2.09. The molecule has 0 bridgehead atoms. The number of aliphatic hydroxyl groups excluding tert-OH is 1. The highest BCUT2D eigenvalue weighted by Gasteiger charge is 1.98. The molecule has 0 saturated heterocycles. The summed E-state index contributed by atoms with van der Waals surface area (Å²) in [4.78, 5) is 0. The summed E-state index contributed by atoms with van der Waals surface area (Å²) in [5, 5.41) is 9.10. The lowest BCUT2D eigenvalue weighted by molar-refractivity contribution is 0.350. The van der Waals surface area contributed by atoms with Gasteiger partial charge >= 0.3 is 0 Å². The predicted octanol–water partition coefficient (Wildman–Crippen LogP) is 3.23. The zero-order valence-electron chi connectivity index (χ0n) is 7.63. The van der Waals surface area contributed by atoms with E-state index in [1.54, 1.807) is 0 Å². The van der Waals surface area contributed by atoms with E-state index in [-0.39, 0.29) is 6.61 Å². The lowest BCUT2D eigenvalue weighted by atomic mass is 10.1. The van der Waals surface area contributed by atoms with Gasteiger partial charge in [0.05, 0.1) is 6.61 Å². The molecule has 0 aliphatic heterocycles. The summed E-state index contributed by atoms with van der Waals surface area (Å²) in [7, 11) is 0. The molecule has 0 atom stereocenters. The van der Waals surface area contributed by atoms with Gasteiger partial charge in [-0.05, 0) is 29.7 Å². The second-order valence-corrected chi connectivity index (χ2v) is 3.72. The second kappa shape index (κ2) is 5.20. The molecule has 0 fully saturated rings. The van der Waals surface area contributed by atoms with Gasteiger partial charge in [-0.2, -0.15) is 0 Å². The van der Waals surface area contributed by atoms with Gasteiger partial charge in [-0.1, -0.05) is 41.1 Å². The van der Waals surface area contributed by atoms with Crippen LogP contribution in [-0.2, 0) is 0 Å². The average molecular weight is 241 g/mol. The Labute approximate surface area is 87.2 Å². The summed E-state index contributed by atoms with van der Waals surface area (Å²) >= 11 is 3.37. The van der Waals surface area contributed by atoms with Gasteiger partial charge in [0.25, 0.3) is 0 Å². The zero-order valence-corrected chi connectivity index (χ0v) is 9.21. The molecule has 0 aliphatic carbocycles. The predicted molar refractivity (Wildman–Crippen MR) is 59.5 cm³/mol. The van der Waals surface area contributed by atoms with Crippen LogP contribution in [0.1, 0.15) is 18.9 Å². The Morgan fingerprint density at radius 1 is 1.38 bits per heavy atom. The van der Waals surface area contributed by atoms with Crippen molar-refractivity contribution in [1.82, 2.24) is 0 Å². The molecule has 1 N–H and O–H groups in total. The molecule has 1 aromatic rings. The van der Waals surface area contributed by atoms with Gasteiger partial charge in [0.15, 0.2) is 0 Å². The van der Waals surface area contributed by atoms with E-state index in [9.17, 15) is 0 Å². The summed E-state index contributed by atoms with van der Waals surface area (Å²) < 4.78 is 1.06. The van der Waals surface area contributed by atoms with Crippen molar-refractivity contribution >= 4 is 21.5 Å². The van der Waals surface area contributed by atoms with E-state index in [0.717, 1.165) is 22.0 Å². The van der Waals surface area contributed by atoms with Crippen LogP contribution in [0.25, 0.3) is 5.57 Å². The van der Waals surface area contributed by atoms with Crippen LogP contribution in [0.15, 0.2) is 34.8 Å². The van der Waals surface area contributed by atoms with Gasteiger partial charge in [0.1, 0.15) is 0 Å². The molecule has 0 amide bonds. The summed E-state index contributed by atoms with van der Waals surface area (Å²) in [5.74, 6) is 0. The van der Waals surface area contributed by atoms with E-state index in [4.69, 9.17) is 5.11 Å². The number of hydrogen-bond donors (Lipinski definition) is 1. The fraction of sp³-hybridized carbons (Fsp3) is 0.273. The largest absolute Gasteiger partial charge is 0.392 e. The van der Waals surface area contributed by atoms with E-state index in [0.29, 0.717) is 0 Å². The minimum absolute atomic E-state index is 0.107. The molecule has 0 unspecified atom stereocenters. The molecule has 13 heavy (non-hydrogen) atoms. The fourth-order valence-electron chi connectivity index (χ4n) is 1.18. The standard InChI is InChI=1S/C11H13BrO/c1-2-3-10(8-13)9-4-6-11(12)7-5-9/h3-7,13H,2,8H2,1H3/b10-3-. The van der Waals surface area contributed by atoms with Crippen LogP contribution in [0, 0.1) is 0 Å². The number of aliphatic hydroxyl groups is 1. The number of allylic oxidation sites excluding steroid dienone is 1. The SMILES string of the molecule is CC/C=C(/CO)c1ccc(Br)cc1. The fourth-order valence-corrected chi connectivity index (χ4v) is 1.45. The highest BCUT2D eigenvalue weighted by atomic mass is 79.9. The van der Waals surface area contributed by atoms with Crippen molar-refractivity contribution < 1.29 is 5.11 Å². The number of halogens is 1. The Hall–Kier alpha value is -0.600. The number of benzene rings is 1. The van der Waals surface area contributed by atoms with Crippen LogP contribution in [-0.4, -0.2) is 11.7 Å². The zero-order chi connectivity index (χ0) is 9.68. The molecule has 70 valence electrons. The van der Waals surface area contributed by atoms with Crippen molar-refractivity contribution in [3.63, 3.8) is 0 Å². The number of hydrogen-bond acceptors (Lipinski definition) is 1. The molecule has 1 nitrogen and oxygen atoms in total. The van der Waals surface area contributed by atoms with Crippen LogP contribution in [0.5, 0.6) is 0 Å². The third kappa shape index (κ3) is 2.98. The molecule has 0 saturated carbocycles. The van der Waals surface area contributed by atoms with Gasteiger partial charge in [-0.3, -0.25) is 0 Å². The van der Waals surface area contributed by atoms with Crippen LogP contribution < -0.4 is 0 Å². The molecular formula is C11H13BrO. The molecule has 1 aromatic carbocycles. The molecule has 0 aromatic heterocycles. The maximum Gasteiger partial charge on any atom is 0.0684 e. The Morgan fingerprint density at radius 2 is 2.00 bits per heavy atom. The molecule has 0 aliphatic rings. The van der Waals surface area contributed by atoms with E-state index in [2.05, 4.69) is 22.9 Å². The Bertz CT molecular complexity index is 287. The summed E-state index contributed by atoms with van der Waals surface area (Å²) in [6.07, 6.45) is 3.00. The van der Waals surface area contributed by atoms with Gasteiger partial charge < -0.3 is 5.11 Å². The Kier molecular flexibility index (Phi) is 4.19. The van der Waals surface area contributed by atoms with Gasteiger partial charge in [-0.25, -0.2) is 0 Å². The van der Waals surface area contributed by atoms with Crippen molar-refractivity contribution in [2.75, 3.05) is 6.61 Å². The minimum atomic E-state index is 0.107. The topological polar surface area (TPSA) is 20.2 Å². The van der Waals surface area contributed by atoms with Crippen molar-refractivity contribution in [1.29, 1.82) is 0 Å². The summed E-state index contributed by atoms with van der Waals surface area (Å²) in [6.45, 7) is 2.17. The summed E-state index contributed by atoms with van der Waals surface area (Å²) in [6, 6.07) is 7.96. The minimum Gasteiger partial charge on any atom is -0.392 e. The maximum atomic E-state index is 9.10. The van der Waals surface area contributed by atoms with E-state index < -0.39 is 0 Å². The molecule has 2 heteroatoms. The third-order valence-electron chi connectivity index (χ3n) is 1.84. The van der Waals surface area contributed by atoms with Crippen LogP contribution in [0.3, 0.4) is 0 Å². The van der Waals surface area contributed by atoms with Crippen LogP contribution in [0.2, 0.25) is 0 Å². The lowest BCUT2D eigenvalue weighted by Crippen LogP contribution is -1.89. The van der Waals surface area contributed by atoms with Crippen molar-refractivity contribution in [3.8, 4) is 0 Å². The van der Waals surface area contributed by atoms with Crippen molar-refractivity contribution in [2.45, 2.75) is 13.3 Å². The first kappa shape index (κ1) is 10.5. The van der Waals surface area contributed by atoms with Crippen LogP contribution >= 0.6 is 15.9 Å². The van der Waals surface area contributed by atoms with Gasteiger partial charge in [0, 0.05) is 4.47 Å². The first-order chi connectivity index (χ1) is 6.27. The van der Waals surface area contributed by atoms with Crippen LogP contribution in [0.4, 0.5) is 0 Å². The average Bonchev–Trinajstić information content (AvgIpc) is 2.16. The van der Waals surface area contributed by atoms with E-state index in [1.807, 2.05) is 30.3 Å². The molecule has 0 radical (unpaired) electrons. The van der Waals surface area contributed by atoms with E-state index in [1.165, 1.54) is 0 Å². The first-order valence-electron chi connectivity index (χ1n) is 4.33. The Morgan fingerprint density at radius 3 is 2.46 bits per heavy atom. The quantitative estimate of drug-likeness (QED) is 0.861.